The molecular formula is C21H24N4O3S. The van der Waals surface area contributed by atoms with Crippen molar-refractivity contribution in [1.29, 1.82) is 0 Å². The van der Waals surface area contributed by atoms with Crippen LogP contribution in [0.3, 0.4) is 0 Å². The second-order valence-corrected chi connectivity index (χ2v) is 9.50. The van der Waals surface area contributed by atoms with Crippen LogP contribution in [0.15, 0.2) is 59.8 Å². The van der Waals surface area contributed by atoms with E-state index in [1.54, 1.807) is 17.7 Å². The summed E-state index contributed by atoms with van der Waals surface area (Å²) >= 11 is 0. The third-order valence-electron chi connectivity index (χ3n) is 5.49. The molecule has 3 heterocycles. The van der Waals surface area contributed by atoms with Gasteiger partial charge in [-0.15, -0.1) is 0 Å². The van der Waals surface area contributed by atoms with Crippen molar-refractivity contribution < 1.29 is 8.42 Å². The fourth-order valence-corrected chi connectivity index (χ4v) is 4.71. The number of pyridine rings is 1. The number of piperidine rings is 1. The highest BCUT2D eigenvalue weighted by Gasteiger charge is 2.26. The zero-order valence-corrected chi connectivity index (χ0v) is 17.3. The fraction of sp³-hybridized carbons (Fsp3) is 0.333. The first kappa shape index (κ1) is 19.6. The Hall–Kier alpha value is -2.71. The van der Waals surface area contributed by atoms with Crippen LogP contribution in [0.4, 0.5) is 0 Å². The summed E-state index contributed by atoms with van der Waals surface area (Å²) in [7, 11) is -1.40. The minimum absolute atomic E-state index is 0.0619. The average molecular weight is 413 g/mol. The topological polar surface area (TPSA) is 77.2 Å². The number of benzene rings is 1. The van der Waals surface area contributed by atoms with E-state index in [0.717, 1.165) is 35.1 Å². The second-order valence-electron chi connectivity index (χ2n) is 7.52. The van der Waals surface area contributed by atoms with Crippen LogP contribution in [0.25, 0.3) is 22.3 Å². The summed E-state index contributed by atoms with van der Waals surface area (Å²) in [6, 6.07) is 11.7. The molecule has 1 aliphatic heterocycles. The zero-order chi connectivity index (χ0) is 20.6. The van der Waals surface area contributed by atoms with Gasteiger partial charge in [0.1, 0.15) is 0 Å². The van der Waals surface area contributed by atoms with Gasteiger partial charge in [0.05, 0.1) is 18.5 Å². The maximum Gasteiger partial charge on any atom is 0.250 e. The highest BCUT2D eigenvalue weighted by Crippen LogP contribution is 2.32. The van der Waals surface area contributed by atoms with E-state index in [2.05, 4.69) is 5.10 Å². The summed E-state index contributed by atoms with van der Waals surface area (Å²) in [4.78, 5) is 12.2. The van der Waals surface area contributed by atoms with Crippen molar-refractivity contribution in [3.05, 3.63) is 65.3 Å². The monoisotopic (exact) mass is 412 g/mol. The molecule has 0 amide bonds. The summed E-state index contributed by atoms with van der Waals surface area (Å²) in [5.74, 6) is 0. The van der Waals surface area contributed by atoms with E-state index in [0.29, 0.717) is 13.1 Å². The molecule has 0 N–H and O–H groups in total. The molecule has 1 aromatic carbocycles. The molecule has 29 heavy (non-hydrogen) atoms. The number of aromatic nitrogens is 3. The molecule has 0 saturated carbocycles. The van der Waals surface area contributed by atoms with Crippen LogP contribution in [0.1, 0.15) is 18.9 Å². The zero-order valence-electron chi connectivity index (χ0n) is 16.5. The Morgan fingerprint density at radius 2 is 1.69 bits per heavy atom. The van der Waals surface area contributed by atoms with Gasteiger partial charge in [0, 0.05) is 49.7 Å². The molecule has 1 saturated heterocycles. The maximum atomic E-state index is 12.2. The Kier molecular flexibility index (Phi) is 5.14. The third kappa shape index (κ3) is 4.04. The highest BCUT2D eigenvalue weighted by atomic mass is 32.2. The van der Waals surface area contributed by atoms with Gasteiger partial charge < -0.3 is 4.57 Å². The molecule has 1 fully saturated rings. The lowest BCUT2D eigenvalue weighted by Crippen LogP contribution is -2.38. The molecule has 0 atom stereocenters. The van der Waals surface area contributed by atoms with E-state index in [-0.39, 0.29) is 11.6 Å². The smallest absolute Gasteiger partial charge is 0.250 e. The van der Waals surface area contributed by atoms with Crippen LogP contribution in [-0.4, -0.2) is 46.4 Å². The van der Waals surface area contributed by atoms with Gasteiger partial charge in [-0.1, -0.05) is 30.3 Å². The largest absolute Gasteiger partial charge is 0.318 e. The first-order valence-corrected chi connectivity index (χ1v) is 11.4. The summed E-state index contributed by atoms with van der Waals surface area (Å²) in [6.45, 7) is 1.02. The van der Waals surface area contributed by atoms with Crippen LogP contribution >= 0.6 is 0 Å². The highest BCUT2D eigenvalue weighted by molar-refractivity contribution is 7.88. The number of aryl methyl sites for hydroxylation is 1. The van der Waals surface area contributed by atoms with Crippen LogP contribution in [0, 0.1) is 0 Å². The molecule has 0 unspecified atom stereocenters. The second kappa shape index (κ2) is 7.61. The number of nitrogens with zero attached hydrogens (tertiary/aromatic N) is 4. The predicted octanol–water partition coefficient (Wildman–Crippen LogP) is 2.51. The number of hydrogen-bond donors (Lipinski definition) is 0. The predicted molar refractivity (Wildman–Crippen MR) is 113 cm³/mol. The summed E-state index contributed by atoms with van der Waals surface area (Å²) in [5, 5.41) is 4.55. The Morgan fingerprint density at radius 1 is 1.00 bits per heavy atom. The van der Waals surface area contributed by atoms with Crippen molar-refractivity contribution in [1.82, 2.24) is 18.7 Å². The van der Waals surface area contributed by atoms with Gasteiger partial charge in [0.25, 0.3) is 5.56 Å². The molecule has 0 radical (unpaired) electrons. The normalized spacial score (nSPS) is 16.2. The van der Waals surface area contributed by atoms with Crippen LogP contribution in [0.2, 0.25) is 0 Å². The Balaban J connectivity index is 1.65. The lowest BCUT2D eigenvalue weighted by atomic mass is 9.98. The Labute approximate surface area is 170 Å². The van der Waals surface area contributed by atoms with Gasteiger partial charge in [0.15, 0.2) is 0 Å². The van der Waals surface area contributed by atoms with Gasteiger partial charge in [-0.25, -0.2) is 12.7 Å². The van der Waals surface area contributed by atoms with Gasteiger partial charge >= 0.3 is 0 Å². The lowest BCUT2D eigenvalue weighted by Gasteiger charge is -2.30. The van der Waals surface area contributed by atoms with E-state index in [1.807, 2.05) is 53.6 Å². The van der Waals surface area contributed by atoms with Gasteiger partial charge in [-0.05, 0) is 24.0 Å². The molecular weight excluding hydrogens is 388 g/mol. The maximum absolute atomic E-state index is 12.2. The van der Waals surface area contributed by atoms with Crippen molar-refractivity contribution in [3.63, 3.8) is 0 Å². The number of sulfonamides is 1. The summed E-state index contributed by atoms with van der Waals surface area (Å²) in [5.41, 5.74) is 3.67. The van der Waals surface area contributed by atoms with E-state index in [1.165, 1.54) is 10.6 Å². The lowest BCUT2D eigenvalue weighted by molar-refractivity contribution is 0.262. The van der Waals surface area contributed by atoms with Gasteiger partial charge in [0.2, 0.25) is 10.0 Å². The van der Waals surface area contributed by atoms with E-state index in [4.69, 9.17) is 0 Å². The Bertz CT molecular complexity index is 1170. The van der Waals surface area contributed by atoms with Gasteiger partial charge in [-0.2, -0.15) is 5.10 Å². The first-order chi connectivity index (χ1) is 13.8. The molecule has 7 nitrogen and oxygen atoms in total. The fourth-order valence-electron chi connectivity index (χ4n) is 3.83. The molecule has 1 aliphatic rings. The van der Waals surface area contributed by atoms with Crippen molar-refractivity contribution in [3.8, 4) is 22.3 Å². The molecule has 4 rings (SSSR count). The average Bonchev–Trinajstić information content (AvgIpc) is 3.20. The van der Waals surface area contributed by atoms with E-state index in [9.17, 15) is 13.2 Å². The summed E-state index contributed by atoms with van der Waals surface area (Å²) < 4.78 is 28.5. The van der Waals surface area contributed by atoms with Gasteiger partial charge in [-0.3, -0.25) is 9.48 Å². The standard InChI is InChI=1S/C21H24N4O3S/c1-23-15-20(19(12-21(23)26)16-6-4-3-5-7-16)17-13-22-25(14-17)18-8-10-24(11-9-18)29(2,27)28/h3-7,12-15,18H,8-11H2,1-2H3. The van der Waals surface area contributed by atoms with E-state index < -0.39 is 10.0 Å². The number of rotatable bonds is 4. The Morgan fingerprint density at radius 3 is 2.34 bits per heavy atom. The SMILES string of the molecule is Cn1cc(-c2cnn(C3CCN(S(C)(=O)=O)CC3)c2)c(-c2ccccc2)cc1=O. The van der Waals surface area contributed by atoms with Crippen molar-refractivity contribution >= 4 is 10.0 Å². The molecule has 8 heteroatoms. The molecule has 0 spiro atoms. The quantitative estimate of drug-likeness (QED) is 0.660. The van der Waals surface area contributed by atoms with Crippen LogP contribution < -0.4 is 5.56 Å². The first-order valence-electron chi connectivity index (χ1n) is 9.58. The van der Waals surface area contributed by atoms with Crippen molar-refractivity contribution in [2.45, 2.75) is 18.9 Å². The van der Waals surface area contributed by atoms with Crippen LogP contribution in [0.5, 0.6) is 0 Å². The molecule has 152 valence electrons. The van der Waals surface area contributed by atoms with Crippen molar-refractivity contribution in [2.24, 2.45) is 7.05 Å². The minimum Gasteiger partial charge on any atom is -0.318 e. The molecule has 2 aromatic heterocycles. The third-order valence-corrected chi connectivity index (χ3v) is 6.80. The van der Waals surface area contributed by atoms with E-state index >= 15 is 0 Å². The number of hydrogen-bond acceptors (Lipinski definition) is 4. The summed E-state index contributed by atoms with van der Waals surface area (Å²) in [6.07, 6.45) is 8.37. The molecule has 0 bridgehead atoms. The van der Waals surface area contributed by atoms with Crippen LogP contribution in [-0.2, 0) is 17.1 Å². The van der Waals surface area contributed by atoms with Crippen molar-refractivity contribution in [2.75, 3.05) is 19.3 Å². The molecule has 0 aliphatic carbocycles. The molecule has 3 aromatic rings. The minimum atomic E-state index is -3.14.